The number of hydrogen-bond donors (Lipinski definition) is 2. The lowest BCUT2D eigenvalue weighted by atomic mass is 10.1. The number of carbonyl (C=O) groups excluding carboxylic acids is 1. The fourth-order valence-electron chi connectivity index (χ4n) is 2.06. The van der Waals surface area contributed by atoms with Gasteiger partial charge in [0.25, 0.3) is 0 Å². The number of aromatic amines is 2. The lowest BCUT2D eigenvalue weighted by Crippen LogP contribution is -2.04. The van der Waals surface area contributed by atoms with E-state index in [-0.39, 0.29) is 5.97 Å². The van der Waals surface area contributed by atoms with Crippen molar-refractivity contribution in [3.8, 4) is 11.3 Å². The highest BCUT2D eigenvalue weighted by Gasteiger charge is 2.13. The molecule has 3 aromatic rings. The maximum atomic E-state index is 11.6. The third-order valence-corrected chi connectivity index (χ3v) is 2.94. The Balaban J connectivity index is 2.01. The van der Waals surface area contributed by atoms with Gasteiger partial charge in [-0.3, -0.25) is 5.10 Å². The molecular weight excluding hydrogens is 242 g/mol. The molecule has 0 amide bonds. The lowest BCUT2D eigenvalue weighted by molar-refractivity contribution is 0.0519. The molecule has 5 nitrogen and oxygen atoms in total. The number of rotatable bonds is 3. The first kappa shape index (κ1) is 11.5. The number of nitrogens with zero attached hydrogens (tertiary/aromatic N) is 1. The highest BCUT2D eigenvalue weighted by molar-refractivity contribution is 5.96. The van der Waals surface area contributed by atoms with Crippen LogP contribution in [-0.2, 0) is 4.74 Å². The molecule has 0 aliphatic rings. The summed E-state index contributed by atoms with van der Waals surface area (Å²) in [5, 5.41) is 7.94. The zero-order chi connectivity index (χ0) is 13.2. The standard InChI is InChI=1S/C14H13N3O2/c1-2-19-14(18)13-7-12(16-17-13)10-8-15-11-6-4-3-5-9(10)11/h3-8,15H,2H2,1H3,(H,16,17). The molecule has 1 aromatic carbocycles. The summed E-state index contributed by atoms with van der Waals surface area (Å²) >= 11 is 0. The minimum absolute atomic E-state index is 0.347. The number of benzene rings is 1. The Hall–Kier alpha value is -2.56. The first-order valence-electron chi connectivity index (χ1n) is 6.08. The number of fused-ring (bicyclic) bond motifs is 1. The average Bonchev–Trinajstić information content (AvgIpc) is 3.05. The van der Waals surface area contributed by atoms with Crippen molar-refractivity contribution in [2.24, 2.45) is 0 Å². The van der Waals surface area contributed by atoms with E-state index in [1.165, 1.54) is 0 Å². The highest BCUT2D eigenvalue weighted by Crippen LogP contribution is 2.27. The molecule has 19 heavy (non-hydrogen) atoms. The molecule has 0 saturated heterocycles. The van der Waals surface area contributed by atoms with Crippen LogP contribution in [0.3, 0.4) is 0 Å². The van der Waals surface area contributed by atoms with E-state index in [1.807, 2.05) is 30.5 Å². The molecule has 0 spiro atoms. The number of carbonyl (C=O) groups is 1. The Morgan fingerprint density at radius 1 is 1.37 bits per heavy atom. The van der Waals surface area contributed by atoms with Gasteiger partial charge in [-0.05, 0) is 19.1 Å². The summed E-state index contributed by atoms with van der Waals surface area (Å²) in [6.07, 6.45) is 1.88. The third-order valence-electron chi connectivity index (χ3n) is 2.94. The molecule has 0 bridgehead atoms. The van der Waals surface area contributed by atoms with Crippen molar-refractivity contribution >= 4 is 16.9 Å². The fourth-order valence-corrected chi connectivity index (χ4v) is 2.06. The van der Waals surface area contributed by atoms with Crippen molar-refractivity contribution < 1.29 is 9.53 Å². The summed E-state index contributed by atoms with van der Waals surface area (Å²) in [6.45, 7) is 2.12. The van der Waals surface area contributed by atoms with Gasteiger partial charge in [-0.1, -0.05) is 18.2 Å². The number of hydrogen-bond acceptors (Lipinski definition) is 3. The molecule has 0 saturated carbocycles. The van der Waals surface area contributed by atoms with E-state index in [0.29, 0.717) is 12.3 Å². The van der Waals surface area contributed by atoms with Crippen LogP contribution >= 0.6 is 0 Å². The Labute approximate surface area is 109 Å². The van der Waals surface area contributed by atoms with Crippen LogP contribution in [0.25, 0.3) is 22.2 Å². The van der Waals surface area contributed by atoms with Crippen LogP contribution in [0.2, 0.25) is 0 Å². The van der Waals surface area contributed by atoms with Gasteiger partial charge in [0.1, 0.15) is 5.69 Å². The van der Waals surface area contributed by atoms with Crippen LogP contribution in [0.5, 0.6) is 0 Å². The number of esters is 1. The van der Waals surface area contributed by atoms with Crippen molar-refractivity contribution in [1.82, 2.24) is 15.2 Å². The van der Waals surface area contributed by atoms with E-state index >= 15 is 0 Å². The predicted molar refractivity (Wildman–Crippen MR) is 71.8 cm³/mol. The fraction of sp³-hybridized carbons (Fsp3) is 0.143. The summed E-state index contributed by atoms with van der Waals surface area (Å²) in [6, 6.07) is 9.65. The highest BCUT2D eigenvalue weighted by atomic mass is 16.5. The molecule has 0 fully saturated rings. The molecule has 0 radical (unpaired) electrons. The van der Waals surface area contributed by atoms with Gasteiger partial charge >= 0.3 is 5.97 Å². The molecule has 3 rings (SSSR count). The normalized spacial score (nSPS) is 10.8. The lowest BCUT2D eigenvalue weighted by Gasteiger charge is -1.96. The van der Waals surface area contributed by atoms with Crippen molar-refractivity contribution in [1.29, 1.82) is 0 Å². The Bertz CT molecular complexity index is 727. The van der Waals surface area contributed by atoms with Gasteiger partial charge in [0.15, 0.2) is 0 Å². The van der Waals surface area contributed by atoms with Crippen LogP contribution in [-0.4, -0.2) is 27.8 Å². The van der Waals surface area contributed by atoms with Crippen molar-refractivity contribution in [2.75, 3.05) is 6.61 Å². The quantitative estimate of drug-likeness (QED) is 0.707. The van der Waals surface area contributed by atoms with E-state index in [1.54, 1.807) is 13.0 Å². The van der Waals surface area contributed by atoms with Gasteiger partial charge in [0, 0.05) is 22.7 Å². The summed E-state index contributed by atoms with van der Waals surface area (Å²) in [4.78, 5) is 14.8. The van der Waals surface area contributed by atoms with Gasteiger partial charge in [-0.15, -0.1) is 0 Å². The summed E-state index contributed by atoms with van der Waals surface area (Å²) in [5.41, 5.74) is 3.09. The molecule has 0 atom stereocenters. The summed E-state index contributed by atoms with van der Waals surface area (Å²) < 4.78 is 4.93. The van der Waals surface area contributed by atoms with E-state index in [9.17, 15) is 4.79 Å². The number of aromatic nitrogens is 3. The van der Waals surface area contributed by atoms with Crippen LogP contribution in [0, 0.1) is 0 Å². The molecule has 2 N–H and O–H groups in total. The molecule has 96 valence electrons. The van der Waals surface area contributed by atoms with E-state index in [0.717, 1.165) is 22.2 Å². The SMILES string of the molecule is CCOC(=O)c1cc(-c2c[nH]c3ccccc23)n[nH]1. The van der Waals surface area contributed by atoms with Crippen LogP contribution in [0.4, 0.5) is 0 Å². The number of ether oxygens (including phenoxy) is 1. The number of H-pyrrole nitrogens is 2. The second kappa shape index (κ2) is 4.61. The van der Waals surface area contributed by atoms with E-state index in [4.69, 9.17) is 4.74 Å². The minimum atomic E-state index is -0.388. The van der Waals surface area contributed by atoms with Gasteiger partial charge < -0.3 is 9.72 Å². The molecule has 5 heteroatoms. The van der Waals surface area contributed by atoms with E-state index in [2.05, 4.69) is 15.2 Å². The van der Waals surface area contributed by atoms with E-state index < -0.39 is 0 Å². The topological polar surface area (TPSA) is 70.8 Å². The van der Waals surface area contributed by atoms with Crippen LogP contribution in [0.15, 0.2) is 36.5 Å². The van der Waals surface area contributed by atoms with Crippen molar-refractivity contribution in [3.63, 3.8) is 0 Å². The zero-order valence-electron chi connectivity index (χ0n) is 10.4. The van der Waals surface area contributed by atoms with Crippen molar-refractivity contribution in [2.45, 2.75) is 6.92 Å². The molecule has 2 heterocycles. The second-order valence-corrected chi connectivity index (χ2v) is 4.14. The largest absolute Gasteiger partial charge is 0.461 e. The smallest absolute Gasteiger partial charge is 0.356 e. The molecule has 0 aliphatic heterocycles. The Morgan fingerprint density at radius 2 is 2.21 bits per heavy atom. The summed E-state index contributed by atoms with van der Waals surface area (Å²) in [7, 11) is 0. The zero-order valence-corrected chi connectivity index (χ0v) is 10.4. The molecule has 0 unspecified atom stereocenters. The summed E-state index contributed by atoms with van der Waals surface area (Å²) in [5.74, 6) is -0.388. The van der Waals surface area contributed by atoms with Gasteiger partial charge in [0.05, 0.1) is 12.3 Å². The molecule has 0 aliphatic carbocycles. The van der Waals surface area contributed by atoms with Gasteiger partial charge in [0.2, 0.25) is 0 Å². The average molecular weight is 255 g/mol. The van der Waals surface area contributed by atoms with Crippen LogP contribution < -0.4 is 0 Å². The monoisotopic (exact) mass is 255 g/mol. The molecular formula is C14H13N3O2. The predicted octanol–water partition coefficient (Wildman–Crippen LogP) is 2.73. The Kier molecular flexibility index (Phi) is 2.79. The minimum Gasteiger partial charge on any atom is -0.461 e. The maximum Gasteiger partial charge on any atom is 0.356 e. The number of para-hydroxylation sites is 1. The number of nitrogens with one attached hydrogen (secondary N) is 2. The van der Waals surface area contributed by atoms with Gasteiger partial charge in [-0.25, -0.2) is 4.79 Å². The third kappa shape index (κ3) is 1.99. The maximum absolute atomic E-state index is 11.6. The van der Waals surface area contributed by atoms with Gasteiger partial charge in [-0.2, -0.15) is 5.10 Å². The van der Waals surface area contributed by atoms with Crippen molar-refractivity contribution in [3.05, 3.63) is 42.2 Å². The van der Waals surface area contributed by atoms with Crippen LogP contribution in [0.1, 0.15) is 17.4 Å². The molecule has 2 aromatic heterocycles. The Morgan fingerprint density at radius 3 is 3.05 bits per heavy atom. The first-order chi connectivity index (χ1) is 9.29. The first-order valence-corrected chi connectivity index (χ1v) is 6.08. The second-order valence-electron chi connectivity index (χ2n) is 4.14.